The summed E-state index contributed by atoms with van der Waals surface area (Å²) in [6, 6.07) is 0. The van der Waals surface area contributed by atoms with Crippen molar-refractivity contribution in [2.45, 2.75) is 65.1 Å². The highest BCUT2D eigenvalue weighted by Crippen LogP contribution is 2.59. The molecular weight excluding hydrogens is 286 g/mol. The summed E-state index contributed by atoms with van der Waals surface area (Å²) >= 11 is 0. The molecule has 126 valence electrons. The average molecular weight is 313 g/mol. The molecule has 1 saturated heterocycles. The van der Waals surface area contributed by atoms with Gasteiger partial charge in [0.2, 0.25) is 0 Å². The molecule has 1 aliphatic carbocycles. The van der Waals surface area contributed by atoms with Crippen molar-refractivity contribution in [3.05, 3.63) is 0 Å². The van der Waals surface area contributed by atoms with E-state index in [0.29, 0.717) is 19.4 Å². The summed E-state index contributed by atoms with van der Waals surface area (Å²) in [6.45, 7) is 9.64. The Bertz CT molecular complexity index is 485. The van der Waals surface area contributed by atoms with Crippen LogP contribution in [0.15, 0.2) is 0 Å². The van der Waals surface area contributed by atoms with Gasteiger partial charge >= 0.3 is 12.1 Å². The SMILES string of the molecule is CC1(C)CC(O)(C2(C(=O)O)CCN(C(=O)OC(C)(C)C)C2)C1. The van der Waals surface area contributed by atoms with E-state index in [4.69, 9.17) is 4.74 Å². The number of aliphatic hydroxyl groups is 1. The zero-order valence-corrected chi connectivity index (χ0v) is 14.1. The van der Waals surface area contributed by atoms with Crippen LogP contribution in [0.5, 0.6) is 0 Å². The molecule has 0 aromatic carbocycles. The maximum absolute atomic E-state index is 12.2. The molecule has 1 heterocycles. The van der Waals surface area contributed by atoms with Gasteiger partial charge in [0.15, 0.2) is 0 Å². The molecular formula is C16H27NO5. The van der Waals surface area contributed by atoms with Crippen LogP contribution in [0.1, 0.15) is 53.9 Å². The van der Waals surface area contributed by atoms with E-state index < -0.39 is 28.7 Å². The second-order valence-corrected chi connectivity index (χ2v) is 8.59. The lowest BCUT2D eigenvalue weighted by molar-refractivity contribution is -0.207. The number of likely N-dealkylation sites (tertiary alicyclic amines) is 1. The minimum Gasteiger partial charge on any atom is -0.481 e. The van der Waals surface area contributed by atoms with E-state index in [1.807, 2.05) is 13.8 Å². The van der Waals surface area contributed by atoms with Gasteiger partial charge in [-0.05, 0) is 45.4 Å². The number of carboxylic acids is 1. The Morgan fingerprint density at radius 3 is 2.14 bits per heavy atom. The fourth-order valence-corrected chi connectivity index (χ4v) is 3.92. The maximum atomic E-state index is 12.2. The van der Waals surface area contributed by atoms with Crippen molar-refractivity contribution in [1.29, 1.82) is 0 Å². The summed E-state index contributed by atoms with van der Waals surface area (Å²) in [5.74, 6) is -1.03. The van der Waals surface area contributed by atoms with Gasteiger partial charge in [-0.2, -0.15) is 0 Å². The lowest BCUT2D eigenvalue weighted by atomic mass is 9.51. The number of hydrogen-bond donors (Lipinski definition) is 2. The number of hydrogen-bond acceptors (Lipinski definition) is 4. The number of ether oxygens (including phenoxy) is 1. The summed E-state index contributed by atoms with van der Waals surface area (Å²) in [6.07, 6.45) is 0.620. The standard InChI is InChI=1S/C16H27NO5/c1-13(2,3)22-12(20)17-7-6-15(10-17,11(18)19)16(21)8-14(4,5)9-16/h21H,6-10H2,1-5H3,(H,18,19). The third-order valence-electron chi connectivity index (χ3n) is 4.76. The molecule has 0 radical (unpaired) electrons. The van der Waals surface area contributed by atoms with Gasteiger partial charge in [0, 0.05) is 13.1 Å². The third-order valence-corrected chi connectivity index (χ3v) is 4.76. The second-order valence-electron chi connectivity index (χ2n) is 8.59. The Kier molecular flexibility index (Phi) is 3.76. The predicted molar refractivity (Wildman–Crippen MR) is 80.5 cm³/mol. The van der Waals surface area contributed by atoms with Crippen LogP contribution in [0, 0.1) is 10.8 Å². The summed E-state index contributed by atoms with van der Waals surface area (Å²) in [5.41, 5.74) is -3.23. The Morgan fingerprint density at radius 1 is 1.18 bits per heavy atom. The first-order valence-corrected chi connectivity index (χ1v) is 7.74. The summed E-state index contributed by atoms with van der Waals surface area (Å²) in [7, 11) is 0. The van der Waals surface area contributed by atoms with E-state index in [0.717, 1.165) is 0 Å². The van der Waals surface area contributed by atoms with Crippen molar-refractivity contribution in [1.82, 2.24) is 4.90 Å². The van der Waals surface area contributed by atoms with Crippen LogP contribution >= 0.6 is 0 Å². The molecule has 0 aromatic rings. The van der Waals surface area contributed by atoms with Gasteiger partial charge < -0.3 is 19.8 Å². The normalized spacial score (nSPS) is 29.8. The lowest BCUT2D eigenvalue weighted by Gasteiger charge is -2.56. The highest BCUT2D eigenvalue weighted by atomic mass is 16.6. The molecule has 1 saturated carbocycles. The van der Waals surface area contributed by atoms with Crippen molar-refractivity contribution in [3.8, 4) is 0 Å². The van der Waals surface area contributed by atoms with Gasteiger partial charge in [0.1, 0.15) is 11.0 Å². The smallest absolute Gasteiger partial charge is 0.410 e. The Labute approximate surface area is 131 Å². The summed E-state index contributed by atoms with van der Waals surface area (Å²) < 4.78 is 5.31. The molecule has 1 atom stereocenters. The lowest BCUT2D eigenvalue weighted by Crippen LogP contribution is -2.64. The van der Waals surface area contributed by atoms with Crippen molar-refractivity contribution >= 4 is 12.1 Å². The summed E-state index contributed by atoms with van der Waals surface area (Å²) in [4.78, 5) is 25.5. The van der Waals surface area contributed by atoms with E-state index in [2.05, 4.69) is 0 Å². The minimum atomic E-state index is -1.29. The van der Waals surface area contributed by atoms with Crippen LogP contribution in [-0.2, 0) is 9.53 Å². The van der Waals surface area contributed by atoms with Gasteiger partial charge in [0.05, 0.1) is 5.60 Å². The van der Waals surface area contributed by atoms with Crippen LogP contribution < -0.4 is 0 Å². The van der Waals surface area contributed by atoms with Gasteiger partial charge in [-0.15, -0.1) is 0 Å². The molecule has 22 heavy (non-hydrogen) atoms. The van der Waals surface area contributed by atoms with Crippen molar-refractivity contribution < 1.29 is 24.5 Å². The Hall–Kier alpha value is -1.30. The van der Waals surface area contributed by atoms with E-state index >= 15 is 0 Å². The number of rotatable bonds is 2. The highest BCUT2D eigenvalue weighted by molar-refractivity contribution is 5.80. The van der Waals surface area contributed by atoms with E-state index in [9.17, 15) is 19.8 Å². The van der Waals surface area contributed by atoms with E-state index in [1.165, 1.54) is 4.90 Å². The van der Waals surface area contributed by atoms with Crippen molar-refractivity contribution in [3.63, 3.8) is 0 Å². The van der Waals surface area contributed by atoms with Crippen LogP contribution in [-0.4, -0.2) is 51.5 Å². The molecule has 2 rings (SSSR count). The predicted octanol–water partition coefficient (Wildman–Crippen LogP) is 2.25. The number of carbonyl (C=O) groups excluding carboxylic acids is 1. The first-order valence-electron chi connectivity index (χ1n) is 7.74. The average Bonchev–Trinajstić information content (AvgIpc) is 2.69. The zero-order chi connectivity index (χ0) is 17.0. The van der Waals surface area contributed by atoms with Crippen LogP contribution in [0.2, 0.25) is 0 Å². The van der Waals surface area contributed by atoms with Gasteiger partial charge in [-0.3, -0.25) is 4.79 Å². The van der Waals surface area contributed by atoms with Gasteiger partial charge in [-0.25, -0.2) is 4.79 Å². The molecule has 6 nitrogen and oxygen atoms in total. The zero-order valence-electron chi connectivity index (χ0n) is 14.1. The highest BCUT2D eigenvalue weighted by Gasteiger charge is 2.66. The van der Waals surface area contributed by atoms with E-state index in [-0.39, 0.29) is 18.4 Å². The molecule has 2 fully saturated rings. The fourth-order valence-electron chi connectivity index (χ4n) is 3.92. The third kappa shape index (κ3) is 2.81. The molecule has 0 bridgehead atoms. The first kappa shape index (κ1) is 17.1. The number of amides is 1. The van der Waals surface area contributed by atoms with Crippen LogP contribution in [0.25, 0.3) is 0 Å². The maximum Gasteiger partial charge on any atom is 0.410 e. The summed E-state index contributed by atoms with van der Waals surface area (Å²) in [5, 5.41) is 20.6. The topological polar surface area (TPSA) is 87.1 Å². The molecule has 0 aromatic heterocycles. The molecule has 2 N–H and O–H groups in total. The van der Waals surface area contributed by atoms with Crippen LogP contribution in [0.3, 0.4) is 0 Å². The molecule has 0 spiro atoms. The molecule has 1 aliphatic heterocycles. The monoisotopic (exact) mass is 313 g/mol. The molecule has 6 heteroatoms. The Morgan fingerprint density at radius 2 is 1.73 bits per heavy atom. The van der Waals surface area contributed by atoms with Crippen LogP contribution in [0.4, 0.5) is 4.79 Å². The molecule has 1 amide bonds. The van der Waals surface area contributed by atoms with Gasteiger partial charge in [0.25, 0.3) is 0 Å². The molecule has 2 aliphatic rings. The Balaban J connectivity index is 2.16. The fraction of sp³-hybridized carbons (Fsp3) is 0.875. The first-order chi connectivity index (χ1) is 9.80. The molecule has 1 unspecified atom stereocenters. The van der Waals surface area contributed by atoms with Crippen molar-refractivity contribution in [2.75, 3.05) is 13.1 Å². The largest absolute Gasteiger partial charge is 0.481 e. The number of nitrogens with zero attached hydrogens (tertiary/aromatic N) is 1. The second kappa shape index (κ2) is 4.85. The van der Waals surface area contributed by atoms with Crippen molar-refractivity contribution in [2.24, 2.45) is 10.8 Å². The number of carboxylic acid groups (broad SMARTS) is 1. The number of aliphatic carboxylic acids is 1. The number of carbonyl (C=O) groups is 2. The minimum absolute atomic E-state index is 0.00380. The quantitative estimate of drug-likeness (QED) is 0.816. The van der Waals surface area contributed by atoms with Gasteiger partial charge in [-0.1, -0.05) is 13.8 Å². The van der Waals surface area contributed by atoms with E-state index in [1.54, 1.807) is 20.8 Å².